The summed E-state index contributed by atoms with van der Waals surface area (Å²) in [4.78, 5) is 22.6. The summed E-state index contributed by atoms with van der Waals surface area (Å²) in [7, 11) is 0. The molecule has 0 spiro atoms. The molecule has 0 radical (unpaired) electrons. The Hall–Kier alpha value is -1.84. The molecule has 1 aromatic carbocycles. The van der Waals surface area contributed by atoms with E-state index in [2.05, 4.69) is 0 Å². The number of carboxylic acids is 1. The van der Waals surface area contributed by atoms with Crippen molar-refractivity contribution in [2.45, 2.75) is 25.4 Å². The summed E-state index contributed by atoms with van der Waals surface area (Å²) < 4.78 is 5.16. The predicted octanol–water partition coefficient (Wildman–Crippen LogP) is 2.09. The fraction of sp³-hybridized carbons (Fsp3) is 0.333. The standard InChI is InChI=1S/C12H12O4/c13-11(14)9-6-1-2-7-10(9)12(15)16-8-4-3-5-8/h1-2,6-8H,3-5H2,(H,13,14). The van der Waals surface area contributed by atoms with Gasteiger partial charge in [0.25, 0.3) is 0 Å². The minimum Gasteiger partial charge on any atom is -0.478 e. The number of carbonyl (C=O) groups is 2. The van der Waals surface area contributed by atoms with Crippen LogP contribution in [0.15, 0.2) is 24.3 Å². The maximum atomic E-state index is 11.7. The Morgan fingerprint density at radius 2 is 1.81 bits per heavy atom. The molecule has 0 unspecified atom stereocenters. The Morgan fingerprint density at radius 3 is 2.31 bits per heavy atom. The first-order valence-corrected chi connectivity index (χ1v) is 5.22. The summed E-state index contributed by atoms with van der Waals surface area (Å²) in [6.07, 6.45) is 2.79. The van der Waals surface area contributed by atoms with Crippen LogP contribution in [-0.2, 0) is 4.74 Å². The topological polar surface area (TPSA) is 63.6 Å². The first-order valence-electron chi connectivity index (χ1n) is 5.22. The minimum atomic E-state index is -1.11. The number of benzene rings is 1. The van der Waals surface area contributed by atoms with Crippen molar-refractivity contribution in [3.05, 3.63) is 35.4 Å². The van der Waals surface area contributed by atoms with E-state index >= 15 is 0 Å². The zero-order chi connectivity index (χ0) is 11.5. The van der Waals surface area contributed by atoms with Gasteiger partial charge in [0.15, 0.2) is 0 Å². The van der Waals surface area contributed by atoms with Crippen LogP contribution in [0.1, 0.15) is 40.0 Å². The quantitative estimate of drug-likeness (QED) is 0.792. The minimum absolute atomic E-state index is 0.00757. The number of hydrogen-bond donors (Lipinski definition) is 1. The van der Waals surface area contributed by atoms with E-state index in [1.54, 1.807) is 12.1 Å². The van der Waals surface area contributed by atoms with Crippen molar-refractivity contribution >= 4 is 11.9 Å². The van der Waals surface area contributed by atoms with Crippen LogP contribution in [0, 0.1) is 0 Å². The van der Waals surface area contributed by atoms with Crippen molar-refractivity contribution < 1.29 is 19.4 Å². The molecule has 4 nitrogen and oxygen atoms in total. The molecule has 84 valence electrons. The van der Waals surface area contributed by atoms with E-state index in [1.807, 2.05) is 0 Å². The van der Waals surface area contributed by atoms with E-state index in [9.17, 15) is 9.59 Å². The number of aromatic carboxylic acids is 1. The van der Waals surface area contributed by atoms with E-state index < -0.39 is 11.9 Å². The van der Waals surface area contributed by atoms with Gasteiger partial charge in [-0.3, -0.25) is 0 Å². The second-order valence-electron chi connectivity index (χ2n) is 3.81. The summed E-state index contributed by atoms with van der Waals surface area (Å²) >= 11 is 0. The molecule has 0 aromatic heterocycles. The Morgan fingerprint density at radius 1 is 1.19 bits per heavy atom. The second kappa shape index (κ2) is 4.35. The normalized spacial score (nSPS) is 15.2. The average Bonchev–Trinajstić information content (AvgIpc) is 2.23. The highest BCUT2D eigenvalue weighted by atomic mass is 16.5. The predicted molar refractivity (Wildman–Crippen MR) is 56.5 cm³/mol. The molecule has 1 aromatic rings. The fourth-order valence-electron chi connectivity index (χ4n) is 1.55. The number of rotatable bonds is 3. The van der Waals surface area contributed by atoms with Crippen LogP contribution in [0.25, 0.3) is 0 Å². The zero-order valence-electron chi connectivity index (χ0n) is 8.68. The zero-order valence-corrected chi connectivity index (χ0v) is 8.68. The van der Waals surface area contributed by atoms with Gasteiger partial charge in [-0.15, -0.1) is 0 Å². The summed E-state index contributed by atoms with van der Waals surface area (Å²) in [5.41, 5.74) is 0.119. The molecule has 0 heterocycles. The van der Waals surface area contributed by atoms with Gasteiger partial charge in [0.2, 0.25) is 0 Å². The summed E-state index contributed by atoms with van der Waals surface area (Å²) in [5.74, 6) is -1.65. The average molecular weight is 220 g/mol. The highest BCUT2D eigenvalue weighted by Crippen LogP contribution is 2.23. The summed E-state index contributed by atoms with van der Waals surface area (Å²) in [5, 5.41) is 8.91. The molecule has 2 rings (SSSR count). The molecule has 0 amide bonds. The molecule has 1 aliphatic carbocycles. The largest absolute Gasteiger partial charge is 0.478 e. The van der Waals surface area contributed by atoms with Crippen LogP contribution in [0.3, 0.4) is 0 Å². The molecule has 1 aliphatic rings. The lowest BCUT2D eigenvalue weighted by atomic mass is 9.96. The molecule has 1 fully saturated rings. The number of hydrogen-bond acceptors (Lipinski definition) is 3. The Labute approximate surface area is 92.8 Å². The smallest absolute Gasteiger partial charge is 0.339 e. The lowest BCUT2D eigenvalue weighted by molar-refractivity contribution is 0.00867. The van der Waals surface area contributed by atoms with Gasteiger partial charge in [-0.25, -0.2) is 9.59 Å². The van der Waals surface area contributed by atoms with E-state index in [1.165, 1.54) is 12.1 Å². The van der Waals surface area contributed by atoms with E-state index in [4.69, 9.17) is 9.84 Å². The molecule has 0 aliphatic heterocycles. The fourth-order valence-corrected chi connectivity index (χ4v) is 1.55. The Kier molecular flexibility index (Phi) is 2.90. The van der Waals surface area contributed by atoms with Gasteiger partial charge >= 0.3 is 11.9 Å². The maximum Gasteiger partial charge on any atom is 0.339 e. The third kappa shape index (κ3) is 2.05. The number of carbonyl (C=O) groups excluding carboxylic acids is 1. The van der Waals surface area contributed by atoms with Crippen LogP contribution >= 0.6 is 0 Å². The van der Waals surface area contributed by atoms with Gasteiger partial charge < -0.3 is 9.84 Å². The van der Waals surface area contributed by atoms with E-state index in [-0.39, 0.29) is 17.2 Å². The van der Waals surface area contributed by atoms with Crippen molar-refractivity contribution in [2.75, 3.05) is 0 Å². The maximum absolute atomic E-state index is 11.7. The van der Waals surface area contributed by atoms with Crippen LogP contribution in [0.5, 0.6) is 0 Å². The third-order valence-electron chi connectivity index (χ3n) is 2.70. The lowest BCUT2D eigenvalue weighted by Gasteiger charge is -2.25. The van der Waals surface area contributed by atoms with Gasteiger partial charge in [0.1, 0.15) is 6.10 Å². The summed E-state index contributed by atoms with van der Waals surface area (Å²) in [6.45, 7) is 0. The van der Waals surface area contributed by atoms with Gasteiger partial charge in [-0.2, -0.15) is 0 Å². The van der Waals surface area contributed by atoms with Crippen molar-refractivity contribution in [3.63, 3.8) is 0 Å². The molecule has 16 heavy (non-hydrogen) atoms. The van der Waals surface area contributed by atoms with E-state index in [0.717, 1.165) is 19.3 Å². The van der Waals surface area contributed by atoms with Crippen LogP contribution < -0.4 is 0 Å². The molecule has 1 saturated carbocycles. The number of esters is 1. The Bertz CT molecular complexity index is 421. The number of carboxylic acid groups (broad SMARTS) is 1. The second-order valence-corrected chi connectivity index (χ2v) is 3.81. The van der Waals surface area contributed by atoms with Gasteiger partial charge in [-0.1, -0.05) is 12.1 Å². The summed E-state index contributed by atoms with van der Waals surface area (Å²) in [6, 6.07) is 6.09. The van der Waals surface area contributed by atoms with Crippen molar-refractivity contribution in [2.24, 2.45) is 0 Å². The molecule has 4 heteroatoms. The van der Waals surface area contributed by atoms with Gasteiger partial charge in [0.05, 0.1) is 11.1 Å². The van der Waals surface area contributed by atoms with Gasteiger partial charge in [0, 0.05) is 0 Å². The van der Waals surface area contributed by atoms with Gasteiger partial charge in [-0.05, 0) is 31.4 Å². The van der Waals surface area contributed by atoms with E-state index in [0.29, 0.717) is 0 Å². The SMILES string of the molecule is O=C(O)c1ccccc1C(=O)OC1CCC1. The van der Waals surface area contributed by atoms with Crippen LogP contribution in [-0.4, -0.2) is 23.1 Å². The molecular formula is C12H12O4. The van der Waals surface area contributed by atoms with Crippen molar-refractivity contribution in [1.29, 1.82) is 0 Å². The van der Waals surface area contributed by atoms with Crippen LogP contribution in [0.4, 0.5) is 0 Å². The molecule has 0 saturated heterocycles. The van der Waals surface area contributed by atoms with Crippen molar-refractivity contribution in [3.8, 4) is 0 Å². The number of ether oxygens (including phenoxy) is 1. The highest BCUT2D eigenvalue weighted by molar-refractivity contribution is 6.02. The third-order valence-corrected chi connectivity index (χ3v) is 2.70. The molecule has 1 N–H and O–H groups in total. The molecule has 0 atom stereocenters. The first-order chi connectivity index (χ1) is 7.68. The monoisotopic (exact) mass is 220 g/mol. The first kappa shape index (κ1) is 10.7. The highest BCUT2D eigenvalue weighted by Gasteiger charge is 2.24. The molecule has 0 bridgehead atoms. The van der Waals surface area contributed by atoms with Crippen LogP contribution in [0.2, 0.25) is 0 Å². The Balaban J connectivity index is 2.18. The molecular weight excluding hydrogens is 208 g/mol. The van der Waals surface area contributed by atoms with Crippen molar-refractivity contribution in [1.82, 2.24) is 0 Å². The lowest BCUT2D eigenvalue weighted by Crippen LogP contribution is -2.25.